The molecule has 198 valence electrons. The van der Waals surface area contributed by atoms with E-state index in [0.29, 0.717) is 5.56 Å². The maximum atomic E-state index is 14.2. The van der Waals surface area contributed by atoms with E-state index in [2.05, 4.69) is 9.47 Å². The first-order valence-corrected chi connectivity index (χ1v) is 9.96. The lowest BCUT2D eigenvalue weighted by Crippen LogP contribution is -2.62. The van der Waals surface area contributed by atoms with Gasteiger partial charge in [0.05, 0.1) is 0 Å². The lowest BCUT2D eigenvalue weighted by atomic mass is 9.97. The second-order valence-electron chi connectivity index (χ2n) is 7.41. The number of ether oxygens (including phenoxy) is 2. The number of rotatable bonds is 10. The number of carbonyl (C=O) groups is 2. The average molecular weight is 531 g/mol. The van der Waals surface area contributed by atoms with Crippen LogP contribution in [0.3, 0.4) is 0 Å². The number of amides is 1. The Morgan fingerprint density at radius 1 is 0.694 bits per heavy atom. The molecule has 0 aromatic heterocycles. The lowest BCUT2D eigenvalue weighted by Gasteiger charge is -2.34. The molecular formula is C22H18F9NO4. The Bertz CT molecular complexity index is 1020. The van der Waals surface area contributed by atoms with Gasteiger partial charge in [-0.3, -0.25) is 0 Å². The Kier molecular flexibility index (Phi) is 8.86. The third-order valence-corrected chi connectivity index (χ3v) is 4.68. The Hall–Kier alpha value is -3.45. The van der Waals surface area contributed by atoms with Crippen LogP contribution in [0.2, 0.25) is 0 Å². The summed E-state index contributed by atoms with van der Waals surface area (Å²) in [5.41, 5.74) is 0.675. The molecule has 0 aliphatic rings. The van der Waals surface area contributed by atoms with Crippen LogP contribution in [-0.2, 0) is 27.5 Å². The van der Waals surface area contributed by atoms with E-state index in [4.69, 9.17) is 0 Å². The Morgan fingerprint density at radius 2 is 1.14 bits per heavy atom. The summed E-state index contributed by atoms with van der Waals surface area (Å²) < 4.78 is 129. The van der Waals surface area contributed by atoms with Gasteiger partial charge in [0.1, 0.15) is 19.3 Å². The maximum absolute atomic E-state index is 14.2. The van der Waals surface area contributed by atoms with E-state index in [1.165, 1.54) is 41.7 Å². The summed E-state index contributed by atoms with van der Waals surface area (Å²) in [6.07, 6.45) is -11.3. The van der Waals surface area contributed by atoms with E-state index in [1.807, 2.05) is 0 Å². The summed E-state index contributed by atoms with van der Waals surface area (Å²) >= 11 is 0. The summed E-state index contributed by atoms with van der Waals surface area (Å²) in [4.78, 5) is 24.3. The van der Waals surface area contributed by atoms with Crippen LogP contribution < -0.4 is 5.32 Å². The van der Waals surface area contributed by atoms with Crippen LogP contribution in [0.25, 0.3) is 0 Å². The van der Waals surface area contributed by atoms with Gasteiger partial charge in [0.15, 0.2) is 0 Å². The summed E-state index contributed by atoms with van der Waals surface area (Å²) in [7, 11) is 0. The standard InChI is InChI=1S/C22H18F9NO4/c23-19(24,20(25,26)21(27,28)22(29,30)31)11-16(17(33)35-12-14-7-3-1-4-8-14)32-18(34)36-13-15-9-5-2-6-10-15/h1-10,16H,11-13H2,(H,32,34). The minimum atomic E-state index is -7.16. The maximum Gasteiger partial charge on any atom is 0.460 e. The van der Waals surface area contributed by atoms with Gasteiger partial charge >= 0.3 is 36.0 Å². The molecule has 0 radical (unpaired) electrons. The molecule has 0 aliphatic carbocycles. The van der Waals surface area contributed by atoms with E-state index in [1.54, 1.807) is 24.3 Å². The molecular weight excluding hydrogens is 513 g/mol. The number of esters is 1. The monoisotopic (exact) mass is 531 g/mol. The zero-order valence-electron chi connectivity index (χ0n) is 18.0. The van der Waals surface area contributed by atoms with Crippen molar-refractivity contribution >= 4 is 12.1 Å². The number of nitrogens with one attached hydrogen (secondary N) is 1. The van der Waals surface area contributed by atoms with Crippen molar-refractivity contribution in [3.05, 3.63) is 71.8 Å². The molecule has 1 N–H and O–H groups in total. The van der Waals surface area contributed by atoms with Crippen LogP contribution in [0.4, 0.5) is 44.3 Å². The summed E-state index contributed by atoms with van der Waals surface area (Å²) in [6, 6.07) is 12.3. The largest absolute Gasteiger partial charge is 0.460 e. The summed E-state index contributed by atoms with van der Waals surface area (Å²) in [5.74, 6) is -22.1. The van der Waals surface area contributed by atoms with Crippen LogP contribution in [0.15, 0.2) is 60.7 Å². The predicted molar refractivity (Wildman–Crippen MR) is 105 cm³/mol. The normalized spacial score (nSPS) is 13.6. The molecule has 0 saturated carbocycles. The van der Waals surface area contributed by atoms with Crippen LogP contribution in [0.5, 0.6) is 0 Å². The smallest absolute Gasteiger partial charge is 0.459 e. The topological polar surface area (TPSA) is 64.6 Å². The molecule has 36 heavy (non-hydrogen) atoms. The van der Waals surface area contributed by atoms with Gasteiger partial charge < -0.3 is 14.8 Å². The molecule has 1 amide bonds. The molecule has 14 heteroatoms. The van der Waals surface area contributed by atoms with Crippen LogP contribution in [0.1, 0.15) is 17.5 Å². The highest BCUT2D eigenvalue weighted by Gasteiger charge is 2.81. The highest BCUT2D eigenvalue weighted by Crippen LogP contribution is 2.54. The van der Waals surface area contributed by atoms with E-state index in [-0.39, 0.29) is 5.56 Å². The first-order chi connectivity index (χ1) is 16.6. The van der Waals surface area contributed by atoms with Crippen molar-refractivity contribution in [1.29, 1.82) is 0 Å². The highest BCUT2D eigenvalue weighted by molar-refractivity contribution is 5.81. The fraction of sp³-hybridized carbons (Fsp3) is 0.364. The van der Waals surface area contributed by atoms with Gasteiger partial charge in [0, 0.05) is 6.42 Å². The van der Waals surface area contributed by atoms with Crippen molar-refractivity contribution in [2.45, 2.75) is 49.6 Å². The van der Waals surface area contributed by atoms with Crippen LogP contribution in [-0.4, -0.2) is 42.0 Å². The molecule has 0 aliphatic heterocycles. The fourth-order valence-electron chi connectivity index (χ4n) is 2.72. The van der Waals surface area contributed by atoms with Gasteiger partial charge in [-0.15, -0.1) is 0 Å². The molecule has 2 rings (SSSR count). The van der Waals surface area contributed by atoms with Gasteiger partial charge in [-0.2, -0.15) is 39.5 Å². The Labute approximate surface area is 198 Å². The quantitative estimate of drug-likeness (QED) is 0.307. The molecule has 1 atom stereocenters. The highest BCUT2D eigenvalue weighted by atomic mass is 19.4. The number of carbonyl (C=O) groups excluding carboxylic acids is 2. The zero-order valence-corrected chi connectivity index (χ0v) is 18.0. The first kappa shape index (κ1) is 28.8. The number of alkyl halides is 9. The van der Waals surface area contributed by atoms with Gasteiger partial charge in [-0.05, 0) is 11.1 Å². The first-order valence-electron chi connectivity index (χ1n) is 9.96. The van der Waals surface area contributed by atoms with E-state index >= 15 is 0 Å². The second-order valence-corrected chi connectivity index (χ2v) is 7.41. The number of hydrogen-bond acceptors (Lipinski definition) is 4. The minimum absolute atomic E-state index is 0.289. The molecule has 0 fully saturated rings. The van der Waals surface area contributed by atoms with E-state index in [9.17, 15) is 49.1 Å². The van der Waals surface area contributed by atoms with Crippen LogP contribution >= 0.6 is 0 Å². The van der Waals surface area contributed by atoms with Crippen molar-refractivity contribution in [3.8, 4) is 0 Å². The Morgan fingerprint density at radius 3 is 1.58 bits per heavy atom. The van der Waals surface area contributed by atoms with E-state index in [0.717, 1.165) is 0 Å². The molecule has 5 nitrogen and oxygen atoms in total. The van der Waals surface area contributed by atoms with Crippen molar-refractivity contribution in [2.24, 2.45) is 0 Å². The second kappa shape index (κ2) is 11.1. The van der Waals surface area contributed by atoms with Crippen molar-refractivity contribution < 1.29 is 58.6 Å². The molecule has 0 bridgehead atoms. The van der Waals surface area contributed by atoms with Gasteiger partial charge in [-0.1, -0.05) is 60.7 Å². The molecule has 1 unspecified atom stereocenters. The molecule has 2 aromatic rings. The van der Waals surface area contributed by atoms with Crippen molar-refractivity contribution in [2.75, 3.05) is 0 Å². The Balaban J connectivity index is 2.22. The lowest BCUT2D eigenvalue weighted by molar-refractivity contribution is -0.397. The number of alkyl carbamates (subject to hydrolysis) is 1. The van der Waals surface area contributed by atoms with Gasteiger partial charge in [0.25, 0.3) is 0 Å². The van der Waals surface area contributed by atoms with Crippen LogP contribution in [0, 0.1) is 0 Å². The van der Waals surface area contributed by atoms with E-state index < -0.39 is 61.7 Å². The molecule has 2 aromatic carbocycles. The zero-order chi connectivity index (χ0) is 27.2. The number of benzene rings is 2. The molecule has 0 saturated heterocycles. The molecule has 0 spiro atoms. The minimum Gasteiger partial charge on any atom is -0.459 e. The summed E-state index contributed by atoms with van der Waals surface area (Å²) in [5, 5.41) is 1.47. The molecule has 0 heterocycles. The van der Waals surface area contributed by atoms with Crippen molar-refractivity contribution in [1.82, 2.24) is 5.32 Å². The number of hydrogen-bond donors (Lipinski definition) is 1. The van der Waals surface area contributed by atoms with Gasteiger partial charge in [-0.25, -0.2) is 9.59 Å². The fourth-order valence-corrected chi connectivity index (χ4v) is 2.72. The average Bonchev–Trinajstić information content (AvgIpc) is 2.81. The third-order valence-electron chi connectivity index (χ3n) is 4.68. The van der Waals surface area contributed by atoms with Gasteiger partial charge in [0.2, 0.25) is 0 Å². The summed E-state index contributed by atoms with van der Waals surface area (Å²) in [6.45, 7) is -1.09. The number of halogens is 9. The van der Waals surface area contributed by atoms with Crippen molar-refractivity contribution in [3.63, 3.8) is 0 Å². The SMILES string of the molecule is O=C(NC(CC(F)(F)C(F)(F)C(F)(F)C(F)(F)F)C(=O)OCc1ccccc1)OCc1ccccc1. The predicted octanol–water partition coefficient (Wildman–Crippen LogP) is 5.88. The third kappa shape index (κ3) is 6.82.